The molecule has 0 bridgehead atoms. The van der Waals surface area contributed by atoms with Gasteiger partial charge in [0, 0.05) is 0 Å². The van der Waals surface area contributed by atoms with E-state index in [1.165, 1.54) is 32.4 Å². The maximum absolute atomic E-state index is 3.99. The highest BCUT2D eigenvalue weighted by Gasteiger charge is 2.07. The van der Waals surface area contributed by atoms with Crippen molar-refractivity contribution < 1.29 is 0 Å². The fourth-order valence-corrected chi connectivity index (χ4v) is 2.12. The molecule has 1 aliphatic rings. The Hall–Kier alpha value is -0.850. The minimum atomic E-state index is 0.915. The second-order valence-corrected chi connectivity index (χ2v) is 4.39. The van der Waals surface area contributed by atoms with Crippen molar-refractivity contribution in [3.05, 3.63) is 16.6 Å². The van der Waals surface area contributed by atoms with Crippen molar-refractivity contribution in [1.82, 2.24) is 9.88 Å². The van der Waals surface area contributed by atoms with Crippen molar-refractivity contribution in [2.45, 2.75) is 19.3 Å². The van der Waals surface area contributed by atoms with Crippen molar-refractivity contribution >= 4 is 11.3 Å². The fourth-order valence-electron chi connectivity index (χ4n) is 1.63. The van der Waals surface area contributed by atoms with Gasteiger partial charge in [0.15, 0.2) is 0 Å². The third-order valence-corrected chi connectivity index (χ3v) is 3.08. The molecule has 0 spiro atoms. The molecule has 0 saturated carbocycles. The zero-order valence-electron chi connectivity index (χ0n) is 8.20. The highest BCUT2D eigenvalue weighted by atomic mass is 32.1. The Morgan fingerprint density at radius 2 is 2.21 bits per heavy atom. The number of hydrogen-bond acceptors (Lipinski definition) is 3. The number of thiazole rings is 1. The summed E-state index contributed by atoms with van der Waals surface area (Å²) in [6, 6.07) is 0. The van der Waals surface area contributed by atoms with Gasteiger partial charge in [-0.1, -0.05) is 18.3 Å². The summed E-state index contributed by atoms with van der Waals surface area (Å²) in [5, 5.41) is 0. The molecule has 74 valence electrons. The molecular weight excluding hydrogens is 192 g/mol. The van der Waals surface area contributed by atoms with E-state index in [2.05, 4.69) is 21.7 Å². The Morgan fingerprint density at radius 1 is 1.36 bits per heavy atom. The molecule has 14 heavy (non-hydrogen) atoms. The van der Waals surface area contributed by atoms with E-state index in [4.69, 9.17) is 0 Å². The third-order valence-electron chi connectivity index (χ3n) is 2.40. The molecule has 1 fully saturated rings. The van der Waals surface area contributed by atoms with Crippen LogP contribution in [0.2, 0.25) is 0 Å². The van der Waals surface area contributed by atoms with Crippen LogP contribution in [0.4, 0.5) is 0 Å². The van der Waals surface area contributed by atoms with Crippen LogP contribution in [-0.4, -0.2) is 29.5 Å². The summed E-state index contributed by atoms with van der Waals surface area (Å²) in [5.74, 6) is 6.34. The van der Waals surface area contributed by atoms with Crippen LogP contribution in [0.3, 0.4) is 0 Å². The van der Waals surface area contributed by atoms with Gasteiger partial charge in [0.05, 0.1) is 23.1 Å². The predicted molar refractivity (Wildman–Crippen MR) is 59.3 cm³/mol. The van der Waals surface area contributed by atoms with Crippen LogP contribution >= 0.6 is 11.3 Å². The summed E-state index contributed by atoms with van der Waals surface area (Å²) in [6.45, 7) is 3.35. The number of nitrogens with zero attached hydrogens (tertiary/aromatic N) is 2. The first-order valence-corrected chi connectivity index (χ1v) is 5.93. The minimum Gasteiger partial charge on any atom is -0.292 e. The van der Waals surface area contributed by atoms with E-state index in [0.717, 1.165) is 11.4 Å². The van der Waals surface area contributed by atoms with Gasteiger partial charge in [-0.2, -0.15) is 0 Å². The Bertz CT molecular complexity index is 315. The van der Waals surface area contributed by atoms with Crippen LogP contribution in [-0.2, 0) is 0 Å². The Kier molecular flexibility index (Phi) is 3.56. The van der Waals surface area contributed by atoms with Gasteiger partial charge >= 0.3 is 0 Å². The Morgan fingerprint density at radius 3 is 2.93 bits per heavy atom. The predicted octanol–water partition coefficient (Wildman–Crippen LogP) is 1.98. The monoisotopic (exact) mass is 206 g/mol. The molecule has 2 rings (SSSR count). The standard InChI is InChI=1S/C11H14N2S/c1-2-6-13(7-3-1)8-4-5-11-9-12-10-14-11/h9-10H,1-3,6-8H2. The molecule has 0 atom stereocenters. The molecule has 0 unspecified atom stereocenters. The van der Waals surface area contributed by atoms with E-state index in [-0.39, 0.29) is 0 Å². The van der Waals surface area contributed by atoms with Crippen LogP contribution in [0.15, 0.2) is 11.7 Å². The van der Waals surface area contributed by atoms with Crippen LogP contribution < -0.4 is 0 Å². The van der Waals surface area contributed by atoms with E-state index < -0.39 is 0 Å². The summed E-state index contributed by atoms with van der Waals surface area (Å²) >= 11 is 1.61. The van der Waals surface area contributed by atoms with Gasteiger partial charge < -0.3 is 0 Å². The lowest BCUT2D eigenvalue weighted by atomic mass is 10.1. The quantitative estimate of drug-likeness (QED) is 0.653. The molecule has 1 saturated heterocycles. The smallest absolute Gasteiger partial charge is 0.0967 e. The van der Waals surface area contributed by atoms with Gasteiger partial charge in [-0.25, -0.2) is 0 Å². The van der Waals surface area contributed by atoms with Crippen LogP contribution in [0.1, 0.15) is 24.1 Å². The first-order valence-electron chi connectivity index (χ1n) is 5.05. The number of hydrogen-bond donors (Lipinski definition) is 0. The maximum atomic E-state index is 3.99. The van der Waals surface area contributed by atoms with Gasteiger partial charge in [-0.3, -0.25) is 9.88 Å². The second kappa shape index (κ2) is 5.14. The number of aromatic nitrogens is 1. The van der Waals surface area contributed by atoms with Gasteiger partial charge in [-0.15, -0.1) is 11.3 Å². The highest BCUT2D eigenvalue weighted by molar-refractivity contribution is 7.10. The molecule has 1 aromatic heterocycles. The molecule has 1 aromatic rings. The van der Waals surface area contributed by atoms with E-state index >= 15 is 0 Å². The molecule has 3 heteroatoms. The van der Waals surface area contributed by atoms with Gasteiger partial charge in [0.1, 0.15) is 0 Å². The van der Waals surface area contributed by atoms with E-state index in [1.807, 2.05) is 11.7 Å². The van der Waals surface area contributed by atoms with Gasteiger partial charge in [0.2, 0.25) is 0 Å². The van der Waals surface area contributed by atoms with Crippen LogP contribution in [0.5, 0.6) is 0 Å². The van der Waals surface area contributed by atoms with Gasteiger partial charge in [0.25, 0.3) is 0 Å². The van der Waals surface area contributed by atoms with E-state index in [1.54, 1.807) is 11.3 Å². The number of piperidine rings is 1. The minimum absolute atomic E-state index is 0.915. The first kappa shape index (κ1) is 9.70. The SMILES string of the molecule is C(#Cc1cncs1)CN1CCCCC1. The van der Waals surface area contributed by atoms with Crippen molar-refractivity contribution in [2.24, 2.45) is 0 Å². The topological polar surface area (TPSA) is 16.1 Å². The average molecular weight is 206 g/mol. The molecule has 0 N–H and O–H groups in total. The van der Waals surface area contributed by atoms with Crippen molar-refractivity contribution in [3.63, 3.8) is 0 Å². The largest absolute Gasteiger partial charge is 0.292 e. The van der Waals surface area contributed by atoms with E-state index in [9.17, 15) is 0 Å². The molecule has 1 aliphatic heterocycles. The van der Waals surface area contributed by atoms with Crippen molar-refractivity contribution in [3.8, 4) is 11.8 Å². The zero-order chi connectivity index (χ0) is 9.64. The fraction of sp³-hybridized carbons (Fsp3) is 0.545. The van der Waals surface area contributed by atoms with Crippen LogP contribution in [0, 0.1) is 11.8 Å². The highest BCUT2D eigenvalue weighted by Crippen LogP contribution is 2.07. The number of rotatable bonds is 1. The molecule has 2 heterocycles. The average Bonchev–Trinajstić information content (AvgIpc) is 2.72. The summed E-state index contributed by atoms with van der Waals surface area (Å²) in [5.41, 5.74) is 1.82. The normalized spacial score (nSPS) is 17.4. The lowest BCUT2D eigenvalue weighted by Gasteiger charge is -2.23. The molecule has 0 radical (unpaired) electrons. The van der Waals surface area contributed by atoms with Gasteiger partial charge in [-0.05, 0) is 25.9 Å². The Balaban J connectivity index is 1.80. The second-order valence-electron chi connectivity index (χ2n) is 3.50. The molecule has 0 aliphatic carbocycles. The molecular formula is C11H14N2S. The first-order chi connectivity index (χ1) is 6.95. The number of likely N-dealkylation sites (tertiary alicyclic amines) is 1. The van der Waals surface area contributed by atoms with Crippen molar-refractivity contribution in [1.29, 1.82) is 0 Å². The van der Waals surface area contributed by atoms with E-state index in [0.29, 0.717) is 0 Å². The summed E-state index contributed by atoms with van der Waals surface area (Å²) < 4.78 is 0. The summed E-state index contributed by atoms with van der Waals surface area (Å²) in [7, 11) is 0. The van der Waals surface area contributed by atoms with Crippen molar-refractivity contribution in [2.75, 3.05) is 19.6 Å². The molecule has 0 aromatic carbocycles. The molecule has 0 amide bonds. The van der Waals surface area contributed by atoms with Crippen LogP contribution in [0.25, 0.3) is 0 Å². The lowest BCUT2D eigenvalue weighted by Crippen LogP contribution is -2.29. The Labute approximate surface area is 89.0 Å². The molecule has 2 nitrogen and oxygen atoms in total. The maximum Gasteiger partial charge on any atom is 0.0967 e. The zero-order valence-corrected chi connectivity index (χ0v) is 9.02. The summed E-state index contributed by atoms with van der Waals surface area (Å²) in [4.78, 5) is 7.49. The summed E-state index contributed by atoms with van der Waals surface area (Å²) in [6.07, 6.45) is 5.89. The lowest BCUT2D eigenvalue weighted by molar-refractivity contribution is 0.255. The third kappa shape index (κ3) is 2.83.